The van der Waals surface area contributed by atoms with Crippen LogP contribution in [-0.2, 0) is 6.42 Å². The predicted molar refractivity (Wildman–Crippen MR) is 214 cm³/mol. The van der Waals surface area contributed by atoms with Gasteiger partial charge in [-0.2, -0.15) is 0 Å². The molecule has 0 bridgehead atoms. The fraction of sp³-hybridized carbons (Fsp3) is 0.200. The molecule has 0 saturated carbocycles. The van der Waals surface area contributed by atoms with Crippen molar-refractivity contribution < 1.29 is 90.8 Å². The van der Waals surface area contributed by atoms with Crippen LogP contribution in [0, 0.1) is 0 Å². The molecule has 18 heteroatoms. The summed E-state index contributed by atoms with van der Waals surface area (Å²) >= 11 is 0. The summed E-state index contributed by atoms with van der Waals surface area (Å²) < 4.78 is 18.2. The Morgan fingerprint density at radius 2 is 0.778 bits per heavy atom. The first kappa shape index (κ1) is 40.6. The molecule has 6 aromatic rings. The first-order valence-electron chi connectivity index (χ1n) is 19.3. The molecule has 3 aliphatic rings. The zero-order valence-corrected chi connectivity index (χ0v) is 32.3. The Hall–Kier alpha value is -7.80. The summed E-state index contributed by atoms with van der Waals surface area (Å²) in [6.45, 7) is 0. The fourth-order valence-electron chi connectivity index (χ4n) is 8.91. The van der Waals surface area contributed by atoms with E-state index in [1.54, 1.807) is 0 Å². The molecule has 18 nitrogen and oxygen atoms in total. The first-order chi connectivity index (χ1) is 29.9. The minimum atomic E-state index is -1.91. The number of phenolic OH excluding ortho intramolecular Hbond substituents is 12. The van der Waals surface area contributed by atoms with Crippen molar-refractivity contribution in [2.75, 3.05) is 0 Å². The molecule has 3 heterocycles. The van der Waals surface area contributed by atoms with E-state index < -0.39 is 129 Å². The molecule has 63 heavy (non-hydrogen) atoms. The van der Waals surface area contributed by atoms with E-state index in [-0.39, 0.29) is 57.1 Å². The number of fused-ring (bicyclic) bond motifs is 3. The third kappa shape index (κ3) is 6.46. The van der Waals surface area contributed by atoms with E-state index in [9.17, 15) is 76.6 Å². The van der Waals surface area contributed by atoms with Crippen LogP contribution in [0.1, 0.15) is 74.7 Å². The van der Waals surface area contributed by atoms with Crippen LogP contribution < -0.4 is 14.2 Å². The number of ether oxygens (including phenoxy) is 3. The van der Waals surface area contributed by atoms with Crippen LogP contribution in [0.4, 0.5) is 0 Å². The lowest BCUT2D eigenvalue weighted by Gasteiger charge is -2.41. The monoisotopic (exact) mass is 866 g/mol. The molecule has 9 rings (SSSR count). The molecular weight excluding hydrogens is 828 g/mol. The molecule has 0 amide bonds. The van der Waals surface area contributed by atoms with Gasteiger partial charge in [-0.15, -0.1) is 0 Å². The molecule has 6 aromatic carbocycles. The van der Waals surface area contributed by atoms with E-state index in [1.807, 2.05) is 0 Å². The average Bonchev–Trinajstić information content (AvgIpc) is 3.22. The molecule has 15 N–H and O–H groups in total. The number of phenols is 12. The maximum absolute atomic E-state index is 12.5. The van der Waals surface area contributed by atoms with Gasteiger partial charge in [-0.25, -0.2) is 0 Å². The Morgan fingerprint density at radius 1 is 0.365 bits per heavy atom. The second-order valence-electron chi connectivity index (χ2n) is 15.6. The number of rotatable bonds is 5. The molecule has 3 aliphatic heterocycles. The lowest BCUT2D eigenvalue weighted by Crippen LogP contribution is -2.37. The first-order valence-corrected chi connectivity index (χ1v) is 19.3. The van der Waals surface area contributed by atoms with Crippen molar-refractivity contribution in [3.05, 3.63) is 123 Å². The van der Waals surface area contributed by atoms with E-state index >= 15 is 0 Å². The van der Waals surface area contributed by atoms with Crippen LogP contribution in [0.5, 0.6) is 86.2 Å². The molecule has 0 saturated heterocycles. The molecular formula is C45H38O18. The smallest absolute Gasteiger partial charge is 0.157 e. The van der Waals surface area contributed by atoms with Gasteiger partial charge in [0, 0.05) is 58.5 Å². The van der Waals surface area contributed by atoms with Crippen LogP contribution in [0.3, 0.4) is 0 Å². The van der Waals surface area contributed by atoms with Gasteiger partial charge in [-0.1, -0.05) is 18.2 Å². The van der Waals surface area contributed by atoms with Crippen molar-refractivity contribution >= 4 is 0 Å². The summed E-state index contributed by atoms with van der Waals surface area (Å²) in [4.78, 5) is 0. The van der Waals surface area contributed by atoms with Crippen LogP contribution >= 0.6 is 0 Å². The van der Waals surface area contributed by atoms with Crippen molar-refractivity contribution in [1.82, 2.24) is 0 Å². The van der Waals surface area contributed by atoms with Crippen molar-refractivity contribution in [1.29, 1.82) is 0 Å². The zero-order valence-electron chi connectivity index (χ0n) is 32.3. The van der Waals surface area contributed by atoms with E-state index in [4.69, 9.17) is 14.2 Å². The van der Waals surface area contributed by atoms with Gasteiger partial charge in [-0.3, -0.25) is 0 Å². The van der Waals surface area contributed by atoms with E-state index in [0.29, 0.717) is 0 Å². The number of hydrogen-bond donors (Lipinski definition) is 15. The predicted octanol–water partition coefficient (Wildman–Crippen LogP) is 4.44. The number of hydrogen-bond acceptors (Lipinski definition) is 18. The van der Waals surface area contributed by atoms with E-state index in [2.05, 4.69) is 0 Å². The Kier molecular flexibility index (Phi) is 9.46. The molecule has 0 spiro atoms. The van der Waals surface area contributed by atoms with E-state index in [0.717, 1.165) is 48.5 Å². The molecule has 0 radical (unpaired) electrons. The summed E-state index contributed by atoms with van der Waals surface area (Å²) in [5.41, 5.74) is -1.28. The van der Waals surface area contributed by atoms with Gasteiger partial charge >= 0.3 is 0 Å². The highest BCUT2D eigenvalue weighted by molar-refractivity contribution is 5.70. The summed E-state index contributed by atoms with van der Waals surface area (Å²) in [7, 11) is 0. The van der Waals surface area contributed by atoms with Gasteiger partial charge < -0.3 is 90.8 Å². The van der Waals surface area contributed by atoms with Crippen LogP contribution in [-0.4, -0.2) is 94.9 Å². The van der Waals surface area contributed by atoms with Crippen molar-refractivity contribution in [2.24, 2.45) is 0 Å². The Morgan fingerprint density at radius 3 is 1.29 bits per heavy atom. The Bertz CT molecular complexity index is 2840. The normalized spacial score (nSPS) is 23.6. The number of benzene rings is 6. The second kappa shape index (κ2) is 14.7. The van der Waals surface area contributed by atoms with Crippen LogP contribution in [0.2, 0.25) is 0 Å². The maximum atomic E-state index is 12.5. The summed E-state index contributed by atoms with van der Waals surface area (Å²) in [6, 6.07) is 14.8. The second-order valence-corrected chi connectivity index (χ2v) is 15.6. The standard InChI is InChI=1S/C45H38O18/c46-18-10-26(53)33-31(11-18)62-44(16-2-5-21(48)24(51)8-16)41(59)37(33)35-28(55)14-32-36(40(35)58)38(42(60)45(63-32)17-3-6-22(49)25(52)9-17)34-27(54)13-30-19(39(34)57)12-29(56)43(61-30)15-1-4-20(47)23(50)7-15/h1-11,13-14,29,37-38,41-60H,12H2/t29-,37?,38?,41-,42+,43-,44-,45-/m1/s1. The van der Waals surface area contributed by atoms with Gasteiger partial charge in [0.1, 0.15) is 70.1 Å². The highest BCUT2D eigenvalue weighted by Crippen LogP contribution is 2.61. The molecule has 0 aliphatic carbocycles. The molecule has 0 fully saturated rings. The summed E-state index contributed by atoms with van der Waals surface area (Å²) in [5.74, 6) is -11.5. The minimum absolute atomic E-state index is 0.0469. The van der Waals surface area contributed by atoms with Crippen molar-refractivity contribution in [2.45, 2.75) is 54.9 Å². The number of aromatic hydroxyl groups is 12. The maximum Gasteiger partial charge on any atom is 0.157 e. The third-order valence-corrected chi connectivity index (χ3v) is 11.9. The number of aliphatic hydroxyl groups excluding tert-OH is 3. The lowest BCUT2D eigenvalue weighted by molar-refractivity contribution is 0.00282. The summed E-state index contributed by atoms with van der Waals surface area (Å²) in [6.07, 6.45) is -9.64. The largest absolute Gasteiger partial charge is 0.508 e. The fourth-order valence-corrected chi connectivity index (χ4v) is 8.91. The van der Waals surface area contributed by atoms with Crippen LogP contribution in [0.25, 0.3) is 0 Å². The highest BCUT2D eigenvalue weighted by atomic mass is 16.5. The molecule has 2 unspecified atom stereocenters. The van der Waals surface area contributed by atoms with Gasteiger partial charge in [0.25, 0.3) is 0 Å². The quantitative estimate of drug-likeness (QED) is 0.106. The Balaban J connectivity index is 1.24. The van der Waals surface area contributed by atoms with Gasteiger partial charge in [-0.05, 0) is 53.1 Å². The van der Waals surface area contributed by atoms with Crippen molar-refractivity contribution in [3.8, 4) is 86.2 Å². The lowest BCUT2D eigenvalue weighted by atomic mass is 9.74. The average molecular weight is 867 g/mol. The van der Waals surface area contributed by atoms with Gasteiger partial charge in [0.2, 0.25) is 0 Å². The third-order valence-electron chi connectivity index (χ3n) is 11.9. The zero-order chi connectivity index (χ0) is 44.9. The molecule has 8 atom stereocenters. The minimum Gasteiger partial charge on any atom is -0.508 e. The van der Waals surface area contributed by atoms with Crippen LogP contribution in [0.15, 0.2) is 78.9 Å². The molecule has 326 valence electrons. The Labute approximate surface area is 354 Å². The summed E-state index contributed by atoms with van der Waals surface area (Å²) in [5, 5.41) is 166. The van der Waals surface area contributed by atoms with Crippen molar-refractivity contribution in [3.63, 3.8) is 0 Å². The molecule has 0 aromatic heterocycles. The topological polar surface area (TPSA) is 331 Å². The number of aliphatic hydroxyl groups is 3. The van der Waals surface area contributed by atoms with Gasteiger partial charge in [0.15, 0.2) is 46.7 Å². The SMILES string of the molecule is Oc1cc(O)c2c(c1)O[C@H](c1ccc(O)c(O)c1)[C@H](O)C2c1c(O)cc2c(c1O)C(c1c(O)cc3c(c1O)C[C@@H](O)[C@@H](c1ccc(O)c(O)c1)O3)[C@H](O)[C@@H](c1ccc(O)c(O)c1)O2. The van der Waals surface area contributed by atoms with Gasteiger partial charge in [0.05, 0.1) is 17.9 Å². The van der Waals surface area contributed by atoms with E-state index in [1.165, 1.54) is 30.3 Å². The highest BCUT2D eigenvalue weighted by Gasteiger charge is 2.49.